The molecular formula is C19H23NO. The van der Waals surface area contributed by atoms with Crippen LogP contribution >= 0.6 is 0 Å². The molecule has 0 fully saturated rings. The normalized spacial score (nSPS) is 12.0. The van der Waals surface area contributed by atoms with Gasteiger partial charge in [0.25, 0.3) is 0 Å². The molecule has 0 spiro atoms. The van der Waals surface area contributed by atoms with E-state index in [0.717, 1.165) is 5.56 Å². The molecule has 0 saturated carbocycles. The number of carbonyl (C=O) groups excluding carboxylic acids is 1. The molecule has 0 heterocycles. The van der Waals surface area contributed by atoms with Crippen LogP contribution in [0.2, 0.25) is 0 Å². The summed E-state index contributed by atoms with van der Waals surface area (Å²) in [7, 11) is 0. The van der Waals surface area contributed by atoms with Crippen molar-refractivity contribution in [2.45, 2.75) is 33.1 Å². The lowest BCUT2D eigenvalue weighted by molar-refractivity contribution is -0.120. The Morgan fingerprint density at radius 3 is 2.52 bits per heavy atom. The van der Waals surface area contributed by atoms with Crippen molar-refractivity contribution in [3.05, 3.63) is 70.8 Å². The van der Waals surface area contributed by atoms with E-state index in [1.165, 1.54) is 16.7 Å². The average Bonchev–Trinajstić information content (AvgIpc) is 2.49. The van der Waals surface area contributed by atoms with E-state index in [4.69, 9.17) is 0 Å². The van der Waals surface area contributed by atoms with Crippen LogP contribution < -0.4 is 5.32 Å². The van der Waals surface area contributed by atoms with Crippen LogP contribution in [0.15, 0.2) is 48.5 Å². The molecule has 2 nitrogen and oxygen atoms in total. The van der Waals surface area contributed by atoms with Gasteiger partial charge in [-0.2, -0.15) is 0 Å². The summed E-state index contributed by atoms with van der Waals surface area (Å²) in [6.45, 7) is 6.91. The minimum atomic E-state index is 0.0893. The molecule has 110 valence electrons. The number of amides is 1. The van der Waals surface area contributed by atoms with E-state index in [-0.39, 0.29) is 5.91 Å². The summed E-state index contributed by atoms with van der Waals surface area (Å²) in [4.78, 5) is 12.1. The topological polar surface area (TPSA) is 29.1 Å². The van der Waals surface area contributed by atoms with E-state index >= 15 is 0 Å². The Balaban J connectivity index is 1.89. The molecule has 0 bridgehead atoms. The van der Waals surface area contributed by atoms with Crippen LogP contribution in [-0.2, 0) is 11.2 Å². The third kappa shape index (κ3) is 4.45. The fourth-order valence-corrected chi connectivity index (χ4v) is 2.39. The molecule has 2 aromatic rings. The minimum absolute atomic E-state index is 0.0893. The predicted molar refractivity (Wildman–Crippen MR) is 87.5 cm³/mol. The molecule has 2 aromatic carbocycles. The SMILES string of the molecule is Cc1ccc(C)c(CC(=O)NCC(C)c2ccccc2)c1. The maximum atomic E-state index is 12.1. The zero-order chi connectivity index (χ0) is 15.2. The first-order valence-electron chi connectivity index (χ1n) is 7.44. The Hall–Kier alpha value is -2.09. The highest BCUT2D eigenvalue weighted by molar-refractivity contribution is 5.79. The Labute approximate surface area is 127 Å². The molecule has 0 aliphatic carbocycles. The molecule has 2 heteroatoms. The Kier molecular flexibility index (Phi) is 5.15. The maximum absolute atomic E-state index is 12.1. The van der Waals surface area contributed by atoms with Gasteiger partial charge in [0.05, 0.1) is 6.42 Å². The molecule has 1 N–H and O–H groups in total. The van der Waals surface area contributed by atoms with Crippen LogP contribution in [0.4, 0.5) is 0 Å². The quantitative estimate of drug-likeness (QED) is 0.888. The number of hydrogen-bond acceptors (Lipinski definition) is 1. The standard InChI is InChI=1S/C19H23NO/c1-14-9-10-15(2)18(11-14)12-19(21)20-13-16(3)17-7-5-4-6-8-17/h4-11,16H,12-13H2,1-3H3,(H,20,21). The van der Waals surface area contributed by atoms with Gasteiger partial charge in [-0.3, -0.25) is 4.79 Å². The summed E-state index contributed by atoms with van der Waals surface area (Å²) >= 11 is 0. The molecule has 1 amide bonds. The molecule has 0 aliphatic heterocycles. The van der Waals surface area contributed by atoms with Crippen molar-refractivity contribution in [3.8, 4) is 0 Å². The van der Waals surface area contributed by atoms with Gasteiger partial charge in [0.1, 0.15) is 0 Å². The van der Waals surface area contributed by atoms with Gasteiger partial charge in [-0.1, -0.05) is 61.0 Å². The van der Waals surface area contributed by atoms with Crippen LogP contribution in [0.5, 0.6) is 0 Å². The third-order valence-electron chi connectivity index (χ3n) is 3.83. The molecule has 0 radical (unpaired) electrons. The van der Waals surface area contributed by atoms with Crippen LogP contribution in [0.1, 0.15) is 35.1 Å². The molecule has 1 unspecified atom stereocenters. The van der Waals surface area contributed by atoms with Gasteiger partial charge >= 0.3 is 0 Å². The zero-order valence-electron chi connectivity index (χ0n) is 13.0. The summed E-state index contributed by atoms with van der Waals surface area (Å²) < 4.78 is 0. The van der Waals surface area contributed by atoms with Gasteiger partial charge < -0.3 is 5.32 Å². The third-order valence-corrected chi connectivity index (χ3v) is 3.83. The van der Waals surface area contributed by atoms with Gasteiger partial charge in [0.2, 0.25) is 5.91 Å². The first-order chi connectivity index (χ1) is 10.1. The largest absolute Gasteiger partial charge is 0.355 e. The van der Waals surface area contributed by atoms with Crippen molar-refractivity contribution in [2.24, 2.45) is 0 Å². The van der Waals surface area contributed by atoms with Crippen molar-refractivity contribution >= 4 is 5.91 Å². The van der Waals surface area contributed by atoms with Crippen molar-refractivity contribution in [1.29, 1.82) is 0 Å². The predicted octanol–water partition coefficient (Wildman–Crippen LogP) is 3.77. The van der Waals surface area contributed by atoms with E-state index in [9.17, 15) is 4.79 Å². The second-order valence-electron chi connectivity index (χ2n) is 5.72. The second-order valence-corrected chi connectivity index (χ2v) is 5.72. The summed E-state index contributed by atoms with van der Waals surface area (Å²) in [5.74, 6) is 0.417. The number of benzene rings is 2. The van der Waals surface area contributed by atoms with Gasteiger partial charge in [-0.15, -0.1) is 0 Å². The zero-order valence-corrected chi connectivity index (χ0v) is 13.0. The lowest BCUT2D eigenvalue weighted by Gasteiger charge is -2.13. The number of carbonyl (C=O) groups is 1. The van der Waals surface area contributed by atoms with E-state index in [1.54, 1.807) is 0 Å². The smallest absolute Gasteiger partial charge is 0.224 e. The monoisotopic (exact) mass is 281 g/mol. The van der Waals surface area contributed by atoms with E-state index in [1.807, 2.05) is 18.2 Å². The molecule has 0 aromatic heterocycles. The number of rotatable bonds is 5. The van der Waals surface area contributed by atoms with Crippen molar-refractivity contribution < 1.29 is 4.79 Å². The summed E-state index contributed by atoms with van der Waals surface area (Å²) in [5, 5.41) is 3.04. The summed E-state index contributed by atoms with van der Waals surface area (Å²) in [6, 6.07) is 16.5. The van der Waals surface area contributed by atoms with Gasteiger partial charge in [-0.25, -0.2) is 0 Å². The van der Waals surface area contributed by atoms with Crippen LogP contribution in [0.3, 0.4) is 0 Å². The minimum Gasteiger partial charge on any atom is -0.355 e. The van der Waals surface area contributed by atoms with Gasteiger partial charge in [0.15, 0.2) is 0 Å². The molecule has 0 saturated heterocycles. The average molecular weight is 281 g/mol. The van der Waals surface area contributed by atoms with Crippen LogP contribution in [-0.4, -0.2) is 12.5 Å². The molecule has 1 atom stereocenters. The van der Waals surface area contributed by atoms with E-state index in [2.05, 4.69) is 56.4 Å². The Morgan fingerprint density at radius 1 is 1.10 bits per heavy atom. The summed E-state index contributed by atoms with van der Waals surface area (Å²) in [5.41, 5.74) is 4.73. The summed E-state index contributed by atoms with van der Waals surface area (Å²) in [6.07, 6.45) is 0.453. The number of hydrogen-bond donors (Lipinski definition) is 1. The van der Waals surface area contributed by atoms with Crippen molar-refractivity contribution in [3.63, 3.8) is 0 Å². The highest BCUT2D eigenvalue weighted by atomic mass is 16.1. The lowest BCUT2D eigenvalue weighted by Crippen LogP contribution is -2.29. The van der Waals surface area contributed by atoms with Gasteiger partial charge in [0, 0.05) is 6.54 Å². The number of aryl methyl sites for hydroxylation is 2. The lowest BCUT2D eigenvalue weighted by atomic mass is 10.0. The first kappa shape index (κ1) is 15.3. The molecular weight excluding hydrogens is 258 g/mol. The molecule has 2 rings (SSSR count). The Morgan fingerprint density at radius 2 is 1.81 bits per heavy atom. The maximum Gasteiger partial charge on any atom is 0.224 e. The van der Waals surface area contributed by atoms with Gasteiger partial charge in [-0.05, 0) is 36.5 Å². The number of nitrogens with one attached hydrogen (secondary N) is 1. The van der Waals surface area contributed by atoms with Crippen LogP contribution in [0, 0.1) is 13.8 Å². The van der Waals surface area contributed by atoms with Crippen molar-refractivity contribution in [1.82, 2.24) is 5.32 Å². The first-order valence-corrected chi connectivity index (χ1v) is 7.44. The molecule has 21 heavy (non-hydrogen) atoms. The second kappa shape index (κ2) is 7.07. The fraction of sp³-hybridized carbons (Fsp3) is 0.316. The van der Waals surface area contributed by atoms with E-state index in [0.29, 0.717) is 18.9 Å². The van der Waals surface area contributed by atoms with E-state index < -0.39 is 0 Å². The van der Waals surface area contributed by atoms with Crippen molar-refractivity contribution in [2.75, 3.05) is 6.54 Å². The Bertz CT molecular complexity index is 604. The fourth-order valence-electron chi connectivity index (χ4n) is 2.39. The highest BCUT2D eigenvalue weighted by Gasteiger charge is 2.09. The highest BCUT2D eigenvalue weighted by Crippen LogP contribution is 2.14. The molecule has 0 aliphatic rings. The van der Waals surface area contributed by atoms with Crippen LogP contribution in [0.25, 0.3) is 0 Å².